The zero-order chi connectivity index (χ0) is 15.0. The Bertz CT molecular complexity index is 702. The number of nitrogens with one attached hydrogen (secondary N) is 1. The molecule has 0 spiro atoms. The van der Waals surface area contributed by atoms with E-state index in [0.717, 1.165) is 11.9 Å². The molecule has 0 radical (unpaired) electrons. The summed E-state index contributed by atoms with van der Waals surface area (Å²) in [6, 6.07) is 9.09. The van der Waals surface area contributed by atoms with Crippen LogP contribution in [-0.2, 0) is 0 Å². The van der Waals surface area contributed by atoms with Crippen LogP contribution in [0, 0.1) is 0 Å². The SMILES string of the molecule is C[C@@H]1CN(C(=O)c2cc(Cl)c3ccccc3c2O)CCN1. The van der Waals surface area contributed by atoms with Crippen LogP contribution in [0.3, 0.4) is 0 Å². The lowest BCUT2D eigenvalue weighted by Crippen LogP contribution is -2.51. The topological polar surface area (TPSA) is 52.6 Å². The number of hydrogen-bond acceptors (Lipinski definition) is 3. The van der Waals surface area contributed by atoms with Crippen molar-refractivity contribution in [3.8, 4) is 5.75 Å². The number of fused-ring (bicyclic) bond motifs is 1. The van der Waals surface area contributed by atoms with Crippen molar-refractivity contribution in [1.82, 2.24) is 10.2 Å². The summed E-state index contributed by atoms with van der Waals surface area (Å²) in [5.74, 6) is -0.167. The van der Waals surface area contributed by atoms with E-state index in [4.69, 9.17) is 11.6 Å². The number of benzene rings is 2. The number of hydrogen-bond donors (Lipinski definition) is 2. The lowest BCUT2D eigenvalue weighted by molar-refractivity contribution is 0.0706. The molecular weight excluding hydrogens is 288 g/mol. The molecule has 2 aromatic carbocycles. The van der Waals surface area contributed by atoms with E-state index in [-0.39, 0.29) is 23.3 Å². The van der Waals surface area contributed by atoms with E-state index in [0.29, 0.717) is 23.5 Å². The first-order valence-electron chi connectivity index (χ1n) is 7.01. The van der Waals surface area contributed by atoms with Gasteiger partial charge < -0.3 is 15.3 Å². The zero-order valence-electron chi connectivity index (χ0n) is 11.8. The fourth-order valence-electron chi connectivity index (χ4n) is 2.77. The van der Waals surface area contributed by atoms with E-state index in [9.17, 15) is 9.90 Å². The number of rotatable bonds is 1. The number of carbonyl (C=O) groups is 1. The lowest BCUT2D eigenvalue weighted by Gasteiger charge is -2.32. The number of phenolic OH excluding ortho intramolecular Hbond substituents is 1. The highest BCUT2D eigenvalue weighted by Gasteiger charge is 2.25. The maximum Gasteiger partial charge on any atom is 0.257 e. The van der Waals surface area contributed by atoms with E-state index < -0.39 is 0 Å². The Balaban J connectivity index is 2.04. The Hall–Kier alpha value is -1.78. The van der Waals surface area contributed by atoms with Gasteiger partial charge in [0.15, 0.2) is 0 Å². The van der Waals surface area contributed by atoms with Gasteiger partial charge in [-0.25, -0.2) is 0 Å². The highest BCUT2D eigenvalue weighted by Crippen LogP contribution is 2.34. The summed E-state index contributed by atoms with van der Waals surface area (Å²) in [6.45, 7) is 4.05. The average Bonchev–Trinajstić information content (AvgIpc) is 2.50. The lowest BCUT2D eigenvalue weighted by atomic mass is 10.0. The number of aromatic hydroxyl groups is 1. The monoisotopic (exact) mass is 304 g/mol. The molecule has 0 aliphatic carbocycles. The maximum atomic E-state index is 12.6. The van der Waals surface area contributed by atoms with Crippen LogP contribution in [0.4, 0.5) is 0 Å². The van der Waals surface area contributed by atoms with Crippen LogP contribution in [-0.4, -0.2) is 41.6 Å². The second kappa shape index (κ2) is 5.54. The number of phenols is 1. The van der Waals surface area contributed by atoms with Crippen LogP contribution in [0.1, 0.15) is 17.3 Å². The Labute approximate surface area is 128 Å². The number of halogens is 1. The van der Waals surface area contributed by atoms with Crippen LogP contribution in [0.25, 0.3) is 10.8 Å². The van der Waals surface area contributed by atoms with Gasteiger partial charge in [-0.2, -0.15) is 0 Å². The van der Waals surface area contributed by atoms with Gasteiger partial charge >= 0.3 is 0 Å². The minimum absolute atomic E-state index is 0.00573. The summed E-state index contributed by atoms with van der Waals surface area (Å²) in [7, 11) is 0. The fourth-order valence-corrected chi connectivity index (χ4v) is 3.04. The number of nitrogens with zero attached hydrogens (tertiary/aromatic N) is 1. The van der Waals surface area contributed by atoms with Crippen molar-refractivity contribution in [2.75, 3.05) is 19.6 Å². The second-order valence-electron chi connectivity index (χ2n) is 5.41. The van der Waals surface area contributed by atoms with Crippen molar-refractivity contribution in [3.05, 3.63) is 40.9 Å². The molecule has 1 heterocycles. The molecule has 0 aromatic heterocycles. The Morgan fingerprint density at radius 2 is 2.10 bits per heavy atom. The number of carbonyl (C=O) groups excluding carboxylic acids is 1. The van der Waals surface area contributed by atoms with Crippen LogP contribution in [0.15, 0.2) is 30.3 Å². The normalized spacial score (nSPS) is 19.0. The summed E-state index contributed by atoms with van der Waals surface area (Å²) < 4.78 is 0. The van der Waals surface area contributed by atoms with Crippen molar-refractivity contribution in [1.29, 1.82) is 0 Å². The first-order valence-corrected chi connectivity index (χ1v) is 7.38. The molecule has 1 aliphatic rings. The van der Waals surface area contributed by atoms with E-state index in [1.807, 2.05) is 25.1 Å². The van der Waals surface area contributed by atoms with Crippen molar-refractivity contribution in [2.45, 2.75) is 13.0 Å². The molecule has 3 rings (SSSR count). The fraction of sp³-hybridized carbons (Fsp3) is 0.312. The van der Waals surface area contributed by atoms with Crippen LogP contribution >= 0.6 is 11.6 Å². The smallest absolute Gasteiger partial charge is 0.257 e. The number of amides is 1. The molecule has 110 valence electrons. The molecule has 1 amide bonds. The summed E-state index contributed by atoms with van der Waals surface area (Å²) >= 11 is 6.25. The van der Waals surface area contributed by atoms with Gasteiger partial charge in [0.25, 0.3) is 5.91 Å². The molecular formula is C16H17ClN2O2. The van der Waals surface area contributed by atoms with Crippen LogP contribution in [0.5, 0.6) is 5.75 Å². The van der Waals surface area contributed by atoms with Crippen LogP contribution in [0.2, 0.25) is 5.02 Å². The predicted octanol–water partition coefficient (Wildman–Crippen LogP) is 2.63. The van der Waals surface area contributed by atoms with Gasteiger partial charge in [0.1, 0.15) is 5.75 Å². The Kier molecular flexibility index (Phi) is 3.74. The van der Waals surface area contributed by atoms with Crippen LogP contribution < -0.4 is 5.32 Å². The second-order valence-corrected chi connectivity index (χ2v) is 5.81. The first kappa shape index (κ1) is 14.2. The van der Waals surface area contributed by atoms with Crippen molar-refractivity contribution in [2.24, 2.45) is 0 Å². The third kappa shape index (κ3) is 2.57. The predicted molar refractivity (Wildman–Crippen MR) is 84.0 cm³/mol. The Morgan fingerprint density at radius 3 is 2.81 bits per heavy atom. The molecule has 5 heteroatoms. The van der Waals surface area contributed by atoms with Gasteiger partial charge in [0.05, 0.1) is 5.56 Å². The molecule has 0 bridgehead atoms. The molecule has 2 aromatic rings. The van der Waals surface area contributed by atoms with E-state index >= 15 is 0 Å². The molecule has 1 fully saturated rings. The minimum Gasteiger partial charge on any atom is -0.506 e. The standard InChI is InChI=1S/C16H17ClN2O2/c1-10-9-19(7-6-18-10)16(21)13-8-14(17)11-4-2-3-5-12(11)15(13)20/h2-5,8,10,18,20H,6-7,9H2,1H3/t10-/m1/s1. The van der Waals surface area contributed by atoms with Crippen molar-refractivity contribution in [3.63, 3.8) is 0 Å². The van der Waals surface area contributed by atoms with E-state index in [1.165, 1.54) is 0 Å². The molecule has 0 unspecified atom stereocenters. The number of piperazine rings is 1. The summed E-state index contributed by atoms with van der Waals surface area (Å²) in [6.07, 6.45) is 0. The largest absolute Gasteiger partial charge is 0.506 e. The molecule has 21 heavy (non-hydrogen) atoms. The van der Waals surface area contributed by atoms with Gasteiger partial charge in [-0.05, 0) is 13.0 Å². The van der Waals surface area contributed by atoms with Crippen molar-refractivity contribution < 1.29 is 9.90 Å². The molecule has 4 nitrogen and oxygen atoms in total. The molecule has 1 atom stereocenters. The molecule has 1 saturated heterocycles. The molecule has 0 saturated carbocycles. The van der Waals surface area contributed by atoms with E-state index in [2.05, 4.69) is 5.32 Å². The summed E-state index contributed by atoms with van der Waals surface area (Å²) in [4.78, 5) is 14.4. The average molecular weight is 305 g/mol. The van der Waals surface area contributed by atoms with Gasteiger partial charge in [-0.3, -0.25) is 4.79 Å². The highest BCUT2D eigenvalue weighted by atomic mass is 35.5. The maximum absolute atomic E-state index is 12.6. The Morgan fingerprint density at radius 1 is 1.38 bits per heavy atom. The minimum atomic E-state index is -0.173. The van der Waals surface area contributed by atoms with Gasteiger partial charge in [0, 0.05) is 41.5 Å². The quantitative estimate of drug-likeness (QED) is 0.851. The first-order chi connectivity index (χ1) is 10.1. The van der Waals surface area contributed by atoms with Crippen molar-refractivity contribution >= 4 is 28.3 Å². The van der Waals surface area contributed by atoms with Gasteiger partial charge in [0.2, 0.25) is 0 Å². The third-order valence-corrected chi connectivity index (χ3v) is 4.16. The molecule has 1 aliphatic heterocycles. The van der Waals surface area contributed by atoms with Gasteiger partial charge in [-0.15, -0.1) is 0 Å². The summed E-state index contributed by atoms with van der Waals surface area (Å²) in [5.41, 5.74) is 0.271. The van der Waals surface area contributed by atoms with E-state index in [1.54, 1.807) is 17.0 Å². The third-order valence-electron chi connectivity index (χ3n) is 3.85. The van der Waals surface area contributed by atoms with Gasteiger partial charge in [-0.1, -0.05) is 35.9 Å². The summed E-state index contributed by atoms with van der Waals surface area (Å²) in [5, 5.41) is 15.6. The highest BCUT2D eigenvalue weighted by molar-refractivity contribution is 6.36. The molecule has 2 N–H and O–H groups in total. The zero-order valence-corrected chi connectivity index (χ0v) is 12.5.